The van der Waals surface area contributed by atoms with E-state index in [1.54, 1.807) is 0 Å². The van der Waals surface area contributed by atoms with Gasteiger partial charge in [-0.25, -0.2) is 0 Å². The van der Waals surface area contributed by atoms with Crippen molar-refractivity contribution in [1.29, 1.82) is 0 Å². The normalized spacial score (nSPS) is 28.2. The number of amides is 1. The van der Waals surface area contributed by atoms with Crippen molar-refractivity contribution < 1.29 is 4.79 Å². The molecule has 0 radical (unpaired) electrons. The highest BCUT2D eigenvalue weighted by Gasteiger charge is 2.21. The standard InChI is InChI=1S/C12H23N3O/c1-10-8-15(7-6-13-10)9-12(16)14-11-4-2-3-5-11/h10-11,13H,2-9H2,1H3,(H,14,16). The predicted octanol–water partition coefficient (Wildman–Crippen LogP) is 0.339. The Morgan fingerprint density at radius 2 is 2.19 bits per heavy atom. The Kier molecular flexibility index (Phi) is 4.18. The summed E-state index contributed by atoms with van der Waals surface area (Å²) in [6.07, 6.45) is 4.89. The monoisotopic (exact) mass is 225 g/mol. The lowest BCUT2D eigenvalue weighted by molar-refractivity contribution is -0.123. The van der Waals surface area contributed by atoms with E-state index in [2.05, 4.69) is 22.5 Å². The van der Waals surface area contributed by atoms with Crippen LogP contribution in [0.5, 0.6) is 0 Å². The van der Waals surface area contributed by atoms with Crippen LogP contribution in [0.3, 0.4) is 0 Å². The molecule has 1 heterocycles. The van der Waals surface area contributed by atoms with Crippen molar-refractivity contribution in [3.63, 3.8) is 0 Å². The third-order valence-electron chi connectivity index (χ3n) is 3.54. The van der Waals surface area contributed by atoms with E-state index in [0.717, 1.165) is 19.6 Å². The lowest BCUT2D eigenvalue weighted by Crippen LogP contribution is -2.52. The fourth-order valence-electron chi connectivity index (χ4n) is 2.70. The number of hydrogen-bond donors (Lipinski definition) is 2. The van der Waals surface area contributed by atoms with Crippen molar-refractivity contribution in [2.45, 2.75) is 44.7 Å². The maximum atomic E-state index is 11.8. The summed E-state index contributed by atoms with van der Waals surface area (Å²) >= 11 is 0. The highest BCUT2D eigenvalue weighted by Crippen LogP contribution is 2.17. The molecule has 1 atom stereocenters. The van der Waals surface area contributed by atoms with Crippen LogP contribution >= 0.6 is 0 Å². The second-order valence-corrected chi connectivity index (χ2v) is 5.14. The Bertz CT molecular complexity index is 238. The van der Waals surface area contributed by atoms with Crippen LogP contribution in [0.15, 0.2) is 0 Å². The molecule has 4 nitrogen and oxygen atoms in total. The number of nitrogens with one attached hydrogen (secondary N) is 2. The molecule has 1 saturated heterocycles. The van der Waals surface area contributed by atoms with E-state index in [9.17, 15) is 4.79 Å². The van der Waals surface area contributed by atoms with Gasteiger partial charge < -0.3 is 10.6 Å². The van der Waals surface area contributed by atoms with Gasteiger partial charge in [-0.15, -0.1) is 0 Å². The molecule has 0 spiro atoms. The van der Waals surface area contributed by atoms with E-state index >= 15 is 0 Å². The van der Waals surface area contributed by atoms with Gasteiger partial charge in [-0.05, 0) is 19.8 Å². The average Bonchev–Trinajstić information content (AvgIpc) is 2.70. The summed E-state index contributed by atoms with van der Waals surface area (Å²) in [4.78, 5) is 14.0. The molecule has 2 rings (SSSR count). The third kappa shape index (κ3) is 3.46. The number of carbonyl (C=O) groups excluding carboxylic acids is 1. The summed E-state index contributed by atoms with van der Waals surface area (Å²) in [5, 5.41) is 6.52. The van der Waals surface area contributed by atoms with Crippen LogP contribution in [0.4, 0.5) is 0 Å². The Labute approximate surface area is 97.8 Å². The van der Waals surface area contributed by atoms with Crippen LogP contribution in [0.2, 0.25) is 0 Å². The molecule has 92 valence electrons. The van der Waals surface area contributed by atoms with Gasteiger partial charge in [0.2, 0.25) is 5.91 Å². The van der Waals surface area contributed by atoms with E-state index in [1.807, 2.05) is 0 Å². The molecule has 2 aliphatic rings. The second-order valence-electron chi connectivity index (χ2n) is 5.14. The van der Waals surface area contributed by atoms with Gasteiger partial charge in [0.1, 0.15) is 0 Å². The van der Waals surface area contributed by atoms with Crippen molar-refractivity contribution in [2.24, 2.45) is 0 Å². The minimum absolute atomic E-state index is 0.209. The van der Waals surface area contributed by atoms with Crippen molar-refractivity contribution in [1.82, 2.24) is 15.5 Å². The van der Waals surface area contributed by atoms with Crippen LogP contribution in [-0.4, -0.2) is 49.1 Å². The van der Waals surface area contributed by atoms with E-state index in [1.165, 1.54) is 25.7 Å². The van der Waals surface area contributed by atoms with Gasteiger partial charge >= 0.3 is 0 Å². The minimum atomic E-state index is 0.209. The molecule has 0 bridgehead atoms. The molecule has 16 heavy (non-hydrogen) atoms. The Morgan fingerprint density at radius 1 is 1.44 bits per heavy atom. The maximum absolute atomic E-state index is 11.8. The lowest BCUT2D eigenvalue weighted by Gasteiger charge is -2.31. The summed E-state index contributed by atoms with van der Waals surface area (Å²) in [7, 11) is 0. The van der Waals surface area contributed by atoms with E-state index in [-0.39, 0.29) is 5.91 Å². The fraction of sp³-hybridized carbons (Fsp3) is 0.917. The molecule has 1 aliphatic carbocycles. The molecule has 1 amide bonds. The van der Waals surface area contributed by atoms with Crippen molar-refractivity contribution >= 4 is 5.91 Å². The SMILES string of the molecule is CC1CN(CC(=O)NC2CCCC2)CCN1. The van der Waals surface area contributed by atoms with E-state index in [4.69, 9.17) is 0 Å². The van der Waals surface area contributed by atoms with Crippen molar-refractivity contribution in [3.05, 3.63) is 0 Å². The molecule has 0 aromatic rings. The quantitative estimate of drug-likeness (QED) is 0.728. The number of hydrogen-bond acceptors (Lipinski definition) is 3. The fourth-order valence-corrected chi connectivity index (χ4v) is 2.70. The van der Waals surface area contributed by atoms with E-state index in [0.29, 0.717) is 18.6 Å². The number of rotatable bonds is 3. The topological polar surface area (TPSA) is 44.4 Å². The first kappa shape index (κ1) is 11.9. The van der Waals surface area contributed by atoms with Crippen LogP contribution in [0, 0.1) is 0 Å². The van der Waals surface area contributed by atoms with Crippen LogP contribution in [0.25, 0.3) is 0 Å². The van der Waals surface area contributed by atoms with Gasteiger partial charge in [-0.2, -0.15) is 0 Å². The zero-order chi connectivity index (χ0) is 11.4. The van der Waals surface area contributed by atoms with Crippen LogP contribution in [-0.2, 0) is 4.79 Å². The Balaban J connectivity index is 1.69. The Hall–Kier alpha value is -0.610. The molecule has 1 aliphatic heterocycles. The summed E-state index contributed by atoms with van der Waals surface area (Å²) < 4.78 is 0. The van der Waals surface area contributed by atoms with Crippen molar-refractivity contribution in [3.8, 4) is 0 Å². The average molecular weight is 225 g/mol. The molecule has 0 aromatic heterocycles. The van der Waals surface area contributed by atoms with E-state index < -0.39 is 0 Å². The minimum Gasteiger partial charge on any atom is -0.352 e. The highest BCUT2D eigenvalue weighted by molar-refractivity contribution is 5.78. The summed E-state index contributed by atoms with van der Waals surface area (Å²) in [5.74, 6) is 0.209. The first-order valence-electron chi connectivity index (χ1n) is 6.49. The largest absolute Gasteiger partial charge is 0.352 e. The number of carbonyl (C=O) groups is 1. The predicted molar refractivity (Wildman–Crippen MR) is 64.3 cm³/mol. The van der Waals surface area contributed by atoms with Crippen molar-refractivity contribution in [2.75, 3.05) is 26.2 Å². The number of nitrogens with zero attached hydrogens (tertiary/aromatic N) is 1. The first-order valence-corrected chi connectivity index (χ1v) is 6.49. The summed E-state index contributed by atoms with van der Waals surface area (Å²) in [6, 6.07) is 0.959. The first-order chi connectivity index (χ1) is 7.74. The molecule has 1 unspecified atom stereocenters. The third-order valence-corrected chi connectivity index (χ3v) is 3.54. The molecule has 1 saturated carbocycles. The molecular weight excluding hydrogens is 202 g/mol. The zero-order valence-corrected chi connectivity index (χ0v) is 10.2. The lowest BCUT2D eigenvalue weighted by atomic mass is 10.2. The molecule has 2 fully saturated rings. The maximum Gasteiger partial charge on any atom is 0.234 e. The van der Waals surface area contributed by atoms with Gasteiger partial charge in [0.25, 0.3) is 0 Å². The summed E-state index contributed by atoms with van der Waals surface area (Å²) in [6.45, 7) is 5.71. The number of piperazine rings is 1. The van der Waals surface area contributed by atoms with Crippen LogP contribution < -0.4 is 10.6 Å². The molecule has 4 heteroatoms. The Morgan fingerprint density at radius 3 is 2.88 bits per heavy atom. The molecular formula is C12H23N3O. The zero-order valence-electron chi connectivity index (χ0n) is 10.2. The second kappa shape index (κ2) is 5.64. The summed E-state index contributed by atoms with van der Waals surface area (Å²) in [5.41, 5.74) is 0. The molecule has 2 N–H and O–H groups in total. The highest BCUT2D eigenvalue weighted by atomic mass is 16.2. The smallest absolute Gasteiger partial charge is 0.234 e. The van der Waals surface area contributed by atoms with Gasteiger partial charge in [-0.1, -0.05) is 12.8 Å². The van der Waals surface area contributed by atoms with Crippen LogP contribution in [0.1, 0.15) is 32.6 Å². The van der Waals surface area contributed by atoms with Gasteiger partial charge in [0.15, 0.2) is 0 Å². The molecule has 0 aromatic carbocycles. The van der Waals surface area contributed by atoms with Gasteiger partial charge in [0, 0.05) is 31.7 Å². The van der Waals surface area contributed by atoms with Gasteiger partial charge in [0.05, 0.1) is 6.54 Å². The van der Waals surface area contributed by atoms with Gasteiger partial charge in [-0.3, -0.25) is 9.69 Å².